The van der Waals surface area contributed by atoms with E-state index in [0.717, 1.165) is 13.0 Å². The smallest absolute Gasteiger partial charge is 0.304 e. The first-order valence-corrected chi connectivity index (χ1v) is 7.01. The quantitative estimate of drug-likeness (QED) is 0.781. The van der Waals surface area contributed by atoms with Crippen LogP contribution in [0.3, 0.4) is 0 Å². The van der Waals surface area contributed by atoms with Crippen LogP contribution in [0, 0.1) is 0 Å². The minimum Gasteiger partial charge on any atom is -0.481 e. The molecule has 1 aromatic carbocycles. The van der Waals surface area contributed by atoms with Gasteiger partial charge in [0.1, 0.15) is 0 Å². The molecule has 0 saturated carbocycles. The van der Waals surface area contributed by atoms with E-state index in [-0.39, 0.29) is 6.42 Å². The minimum atomic E-state index is -0.721. The summed E-state index contributed by atoms with van der Waals surface area (Å²) in [6, 6.07) is 10.9. The van der Waals surface area contributed by atoms with Gasteiger partial charge in [0.25, 0.3) is 0 Å². The molecule has 1 aromatic rings. The first-order valence-electron chi connectivity index (χ1n) is 7.01. The Hall–Kier alpha value is -1.35. The van der Waals surface area contributed by atoms with E-state index in [0.29, 0.717) is 18.5 Å². The second-order valence-corrected chi connectivity index (χ2v) is 5.37. The summed E-state index contributed by atoms with van der Waals surface area (Å²) in [7, 11) is 0. The maximum Gasteiger partial charge on any atom is 0.304 e. The molecule has 1 rings (SSSR count). The van der Waals surface area contributed by atoms with Gasteiger partial charge in [-0.15, -0.1) is 0 Å². The number of hydrogen-bond donors (Lipinski definition) is 1. The van der Waals surface area contributed by atoms with Crippen molar-refractivity contribution in [3.8, 4) is 0 Å². The van der Waals surface area contributed by atoms with Gasteiger partial charge in [0.15, 0.2) is 0 Å². The number of hydrogen-bond acceptors (Lipinski definition) is 2. The second-order valence-electron chi connectivity index (χ2n) is 5.37. The topological polar surface area (TPSA) is 40.5 Å². The number of carbonyl (C=O) groups is 1. The molecular formula is C16H25NO2. The van der Waals surface area contributed by atoms with Crippen molar-refractivity contribution in [2.45, 2.75) is 45.6 Å². The third-order valence-electron chi connectivity index (χ3n) is 3.56. The summed E-state index contributed by atoms with van der Waals surface area (Å²) in [6.45, 7) is 8.05. The van der Waals surface area contributed by atoms with E-state index in [1.165, 1.54) is 5.56 Å². The molecule has 0 aliphatic rings. The van der Waals surface area contributed by atoms with Crippen LogP contribution in [0.4, 0.5) is 0 Å². The van der Waals surface area contributed by atoms with Crippen molar-refractivity contribution in [2.24, 2.45) is 0 Å². The van der Waals surface area contributed by atoms with Crippen LogP contribution in [-0.4, -0.2) is 35.1 Å². The van der Waals surface area contributed by atoms with Crippen molar-refractivity contribution >= 4 is 5.97 Å². The van der Waals surface area contributed by atoms with Crippen LogP contribution in [0.1, 0.15) is 45.1 Å². The predicted molar refractivity (Wildman–Crippen MR) is 78.4 cm³/mol. The van der Waals surface area contributed by atoms with Crippen LogP contribution in [0.15, 0.2) is 30.3 Å². The molecule has 1 N–H and O–H groups in total. The van der Waals surface area contributed by atoms with Crippen LogP contribution < -0.4 is 0 Å². The van der Waals surface area contributed by atoms with Crippen molar-refractivity contribution in [1.82, 2.24) is 4.90 Å². The maximum atomic E-state index is 10.7. The van der Waals surface area contributed by atoms with Crippen LogP contribution in [0.5, 0.6) is 0 Å². The Balaban J connectivity index is 2.45. The van der Waals surface area contributed by atoms with Crippen molar-refractivity contribution < 1.29 is 9.90 Å². The average molecular weight is 263 g/mol. The molecule has 0 fully saturated rings. The Bertz CT molecular complexity index is 376. The van der Waals surface area contributed by atoms with Crippen molar-refractivity contribution in [3.05, 3.63) is 35.9 Å². The first-order chi connectivity index (χ1) is 9.00. The van der Waals surface area contributed by atoms with Gasteiger partial charge in [-0.2, -0.15) is 0 Å². The van der Waals surface area contributed by atoms with E-state index in [1.807, 2.05) is 6.07 Å². The normalized spacial score (nSPS) is 12.9. The number of aliphatic carboxylic acids is 1. The van der Waals surface area contributed by atoms with Gasteiger partial charge in [-0.05, 0) is 38.3 Å². The van der Waals surface area contributed by atoms with Crippen molar-refractivity contribution in [2.75, 3.05) is 13.1 Å². The van der Waals surface area contributed by atoms with Crippen LogP contribution in [0.25, 0.3) is 0 Å². The summed E-state index contributed by atoms with van der Waals surface area (Å²) >= 11 is 0. The van der Waals surface area contributed by atoms with Crippen LogP contribution in [-0.2, 0) is 4.79 Å². The van der Waals surface area contributed by atoms with Gasteiger partial charge in [-0.3, -0.25) is 4.79 Å². The molecular weight excluding hydrogens is 238 g/mol. The predicted octanol–water partition coefficient (Wildman–Crippen LogP) is 3.37. The van der Waals surface area contributed by atoms with Gasteiger partial charge in [-0.1, -0.05) is 37.3 Å². The minimum absolute atomic E-state index is 0.220. The van der Waals surface area contributed by atoms with Gasteiger partial charge < -0.3 is 10.0 Å². The van der Waals surface area contributed by atoms with E-state index in [2.05, 4.69) is 49.9 Å². The standard InChI is InChI=1S/C16H25NO2/c1-13(2)17(12-10-16(18)19)11-9-14(3)15-7-5-4-6-8-15/h4-8,13-14H,9-12H2,1-3H3,(H,18,19). The lowest BCUT2D eigenvalue weighted by Crippen LogP contribution is -2.34. The Morgan fingerprint density at radius 1 is 1.16 bits per heavy atom. The zero-order chi connectivity index (χ0) is 14.3. The molecule has 0 aromatic heterocycles. The highest BCUT2D eigenvalue weighted by molar-refractivity contribution is 5.66. The van der Waals surface area contributed by atoms with Crippen LogP contribution in [0.2, 0.25) is 0 Å². The molecule has 0 amide bonds. The molecule has 3 nitrogen and oxygen atoms in total. The molecule has 3 heteroatoms. The number of carboxylic acid groups (broad SMARTS) is 1. The Labute approximate surface area is 116 Å². The Kier molecular flexibility index (Phi) is 6.57. The van der Waals surface area contributed by atoms with Gasteiger partial charge in [0, 0.05) is 12.6 Å². The van der Waals surface area contributed by atoms with Gasteiger partial charge in [0.05, 0.1) is 6.42 Å². The number of rotatable bonds is 8. The Morgan fingerprint density at radius 2 is 1.79 bits per heavy atom. The molecule has 0 spiro atoms. The molecule has 0 radical (unpaired) electrons. The highest BCUT2D eigenvalue weighted by atomic mass is 16.4. The van der Waals surface area contributed by atoms with Gasteiger partial charge in [-0.25, -0.2) is 0 Å². The van der Waals surface area contributed by atoms with Gasteiger partial charge >= 0.3 is 5.97 Å². The van der Waals surface area contributed by atoms with Crippen molar-refractivity contribution in [3.63, 3.8) is 0 Å². The molecule has 0 saturated heterocycles. The zero-order valence-electron chi connectivity index (χ0n) is 12.2. The molecule has 19 heavy (non-hydrogen) atoms. The molecule has 1 unspecified atom stereocenters. The summed E-state index contributed by atoms with van der Waals surface area (Å²) in [4.78, 5) is 12.9. The first kappa shape index (κ1) is 15.7. The molecule has 0 heterocycles. The largest absolute Gasteiger partial charge is 0.481 e. The zero-order valence-corrected chi connectivity index (χ0v) is 12.2. The summed E-state index contributed by atoms with van der Waals surface area (Å²) in [5.74, 6) is -0.214. The summed E-state index contributed by atoms with van der Waals surface area (Å²) < 4.78 is 0. The summed E-state index contributed by atoms with van der Waals surface area (Å²) in [5.41, 5.74) is 1.35. The fourth-order valence-corrected chi connectivity index (χ4v) is 2.18. The van der Waals surface area contributed by atoms with E-state index in [9.17, 15) is 4.79 Å². The number of carboxylic acids is 1. The average Bonchev–Trinajstić information content (AvgIpc) is 2.38. The van der Waals surface area contributed by atoms with E-state index >= 15 is 0 Å². The van der Waals surface area contributed by atoms with E-state index < -0.39 is 5.97 Å². The highest BCUT2D eigenvalue weighted by Gasteiger charge is 2.13. The molecule has 0 bridgehead atoms. The monoisotopic (exact) mass is 263 g/mol. The third-order valence-corrected chi connectivity index (χ3v) is 3.56. The third kappa shape index (κ3) is 5.88. The van der Waals surface area contributed by atoms with Crippen LogP contribution >= 0.6 is 0 Å². The lowest BCUT2D eigenvalue weighted by atomic mass is 9.97. The fraction of sp³-hybridized carbons (Fsp3) is 0.562. The lowest BCUT2D eigenvalue weighted by Gasteiger charge is -2.27. The van der Waals surface area contributed by atoms with Crippen molar-refractivity contribution in [1.29, 1.82) is 0 Å². The Morgan fingerprint density at radius 3 is 2.32 bits per heavy atom. The molecule has 1 atom stereocenters. The number of benzene rings is 1. The lowest BCUT2D eigenvalue weighted by molar-refractivity contribution is -0.137. The molecule has 0 aliphatic heterocycles. The summed E-state index contributed by atoms with van der Waals surface area (Å²) in [5, 5.41) is 8.77. The maximum absolute atomic E-state index is 10.7. The molecule has 0 aliphatic carbocycles. The number of nitrogens with zero attached hydrogens (tertiary/aromatic N) is 1. The second kappa shape index (κ2) is 7.95. The van der Waals surface area contributed by atoms with E-state index in [1.54, 1.807) is 0 Å². The summed E-state index contributed by atoms with van der Waals surface area (Å²) in [6.07, 6.45) is 1.28. The fourth-order valence-electron chi connectivity index (χ4n) is 2.18. The SMILES string of the molecule is CC(CCN(CCC(=O)O)C(C)C)c1ccccc1. The highest BCUT2D eigenvalue weighted by Crippen LogP contribution is 2.19. The van der Waals surface area contributed by atoms with E-state index in [4.69, 9.17) is 5.11 Å². The van der Waals surface area contributed by atoms with Gasteiger partial charge in [0.2, 0.25) is 0 Å². The molecule has 106 valence electrons.